The van der Waals surface area contributed by atoms with Gasteiger partial charge in [0.05, 0.1) is 27.4 Å². The summed E-state index contributed by atoms with van der Waals surface area (Å²) in [5.74, 6) is 1.88. The highest BCUT2D eigenvalue weighted by atomic mass is 16.6. The van der Waals surface area contributed by atoms with Gasteiger partial charge in [-0.25, -0.2) is 9.79 Å². The van der Waals surface area contributed by atoms with Crippen molar-refractivity contribution >= 4 is 17.9 Å². The summed E-state index contributed by atoms with van der Waals surface area (Å²) < 4.78 is 26.9. The summed E-state index contributed by atoms with van der Waals surface area (Å²) in [7, 11) is 4.59. The molecule has 0 aliphatic carbocycles. The van der Waals surface area contributed by atoms with E-state index in [0.29, 0.717) is 28.4 Å². The number of aliphatic imine (C=N–C) groups is 1. The van der Waals surface area contributed by atoms with Gasteiger partial charge >= 0.3 is 5.97 Å². The molecule has 0 fully saturated rings. The van der Waals surface area contributed by atoms with E-state index >= 15 is 0 Å². The van der Waals surface area contributed by atoms with E-state index in [2.05, 4.69) is 4.99 Å². The molecular formula is C22H23NO6. The van der Waals surface area contributed by atoms with Crippen molar-refractivity contribution in [3.05, 3.63) is 53.2 Å². The number of nitrogens with zero attached hydrogens (tertiary/aromatic N) is 1. The molecule has 0 aromatic heterocycles. The number of carbonyl (C=O) groups is 1. The van der Waals surface area contributed by atoms with Gasteiger partial charge in [0.25, 0.3) is 0 Å². The van der Waals surface area contributed by atoms with Crippen molar-refractivity contribution in [1.82, 2.24) is 0 Å². The Balaban J connectivity index is 1.90. The van der Waals surface area contributed by atoms with Crippen molar-refractivity contribution in [3.8, 4) is 23.0 Å². The largest absolute Gasteiger partial charge is 0.493 e. The molecule has 152 valence electrons. The molecule has 0 spiro atoms. The van der Waals surface area contributed by atoms with E-state index in [4.69, 9.17) is 23.7 Å². The first-order valence-corrected chi connectivity index (χ1v) is 9.04. The lowest BCUT2D eigenvalue weighted by molar-refractivity contribution is -0.129. The van der Waals surface area contributed by atoms with Crippen LogP contribution in [0.5, 0.6) is 23.0 Å². The maximum atomic E-state index is 12.3. The summed E-state index contributed by atoms with van der Waals surface area (Å²) in [5.41, 5.74) is 1.52. The van der Waals surface area contributed by atoms with Crippen LogP contribution in [0, 0.1) is 0 Å². The van der Waals surface area contributed by atoms with Crippen LogP contribution >= 0.6 is 0 Å². The van der Waals surface area contributed by atoms with E-state index in [0.717, 1.165) is 5.75 Å². The molecule has 0 N–H and O–H groups in total. The van der Waals surface area contributed by atoms with Gasteiger partial charge in [-0.1, -0.05) is 0 Å². The van der Waals surface area contributed by atoms with Crippen LogP contribution in [-0.4, -0.2) is 39.3 Å². The number of rotatable bonds is 7. The minimum Gasteiger partial charge on any atom is -0.493 e. The van der Waals surface area contributed by atoms with Gasteiger partial charge in [-0.05, 0) is 61.9 Å². The van der Waals surface area contributed by atoms with Gasteiger partial charge in [0.1, 0.15) is 5.75 Å². The van der Waals surface area contributed by atoms with Crippen molar-refractivity contribution in [2.75, 3.05) is 21.3 Å². The van der Waals surface area contributed by atoms with Gasteiger partial charge < -0.3 is 23.7 Å². The van der Waals surface area contributed by atoms with Crippen LogP contribution < -0.4 is 18.9 Å². The van der Waals surface area contributed by atoms with Crippen molar-refractivity contribution in [2.45, 2.75) is 20.0 Å². The van der Waals surface area contributed by atoms with Gasteiger partial charge in [0.15, 0.2) is 17.2 Å². The summed E-state index contributed by atoms with van der Waals surface area (Å²) in [5, 5.41) is 0. The van der Waals surface area contributed by atoms with Gasteiger partial charge in [0.2, 0.25) is 11.6 Å². The van der Waals surface area contributed by atoms with E-state index in [-0.39, 0.29) is 17.7 Å². The molecule has 1 heterocycles. The first-order valence-electron chi connectivity index (χ1n) is 9.04. The molecule has 0 radical (unpaired) electrons. The second-order valence-electron chi connectivity index (χ2n) is 6.49. The van der Waals surface area contributed by atoms with E-state index in [1.165, 1.54) is 21.3 Å². The number of esters is 1. The normalized spacial score (nSPS) is 14.6. The van der Waals surface area contributed by atoms with Crippen LogP contribution in [0.4, 0.5) is 0 Å². The predicted octanol–water partition coefficient (Wildman–Crippen LogP) is 3.84. The molecule has 7 nitrogen and oxygen atoms in total. The highest BCUT2D eigenvalue weighted by Crippen LogP contribution is 2.39. The zero-order valence-electron chi connectivity index (χ0n) is 17.0. The fourth-order valence-electron chi connectivity index (χ4n) is 2.82. The maximum Gasteiger partial charge on any atom is 0.363 e. The third kappa shape index (κ3) is 4.51. The molecule has 0 saturated carbocycles. The fourth-order valence-corrected chi connectivity index (χ4v) is 2.82. The van der Waals surface area contributed by atoms with Crippen LogP contribution in [0.15, 0.2) is 47.1 Å². The van der Waals surface area contributed by atoms with Crippen LogP contribution in [-0.2, 0) is 9.53 Å². The Morgan fingerprint density at radius 1 is 0.966 bits per heavy atom. The Kier molecular flexibility index (Phi) is 6.07. The molecule has 3 rings (SSSR count). The van der Waals surface area contributed by atoms with E-state index in [1.807, 2.05) is 26.0 Å². The maximum absolute atomic E-state index is 12.3. The van der Waals surface area contributed by atoms with E-state index in [1.54, 1.807) is 30.3 Å². The summed E-state index contributed by atoms with van der Waals surface area (Å²) in [4.78, 5) is 16.6. The second kappa shape index (κ2) is 8.68. The standard InChI is InChI=1S/C22H23NO6/c1-13(2)28-16-8-6-15(7-9-16)21-23-17(22(24)29-21)10-14-11-18(25-3)20(27-5)19(12-14)26-4/h6-13H,1-5H3/b17-10+. The average Bonchev–Trinajstić information content (AvgIpc) is 3.07. The molecule has 1 aliphatic heterocycles. The Labute approximate surface area is 169 Å². The molecule has 0 unspecified atom stereocenters. The number of hydrogen-bond acceptors (Lipinski definition) is 7. The Bertz CT molecular complexity index is 935. The first-order chi connectivity index (χ1) is 13.9. The Morgan fingerprint density at radius 3 is 2.10 bits per heavy atom. The highest BCUT2D eigenvalue weighted by Gasteiger charge is 2.24. The number of methoxy groups -OCH3 is 3. The van der Waals surface area contributed by atoms with Crippen LogP contribution in [0.25, 0.3) is 6.08 Å². The lowest BCUT2D eigenvalue weighted by Crippen LogP contribution is -2.07. The number of ether oxygens (including phenoxy) is 5. The van der Waals surface area contributed by atoms with Crippen molar-refractivity contribution < 1.29 is 28.5 Å². The number of hydrogen-bond donors (Lipinski definition) is 0. The summed E-state index contributed by atoms with van der Waals surface area (Å²) in [6, 6.07) is 10.7. The minimum absolute atomic E-state index is 0.0792. The first kappa shape index (κ1) is 20.3. The molecule has 1 aliphatic rings. The Morgan fingerprint density at radius 2 is 1.59 bits per heavy atom. The van der Waals surface area contributed by atoms with Crippen LogP contribution in [0.2, 0.25) is 0 Å². The SMILES string of the molecule is COc1cc(/C=C2/N=C(c3ccc(OC(C)C)cc3)OC2=O)cc(OC)c1OC. The van der Waals surface area contributed by atoms with Gasteiger partial charge in [-0.3, -0.25) is 0 Å². The van der Waals surface area contributed by atoms with Gasteiger partial charge in [0, 0.05) is 5.56 Å². The molecule has 0 saturated heterocycles. The lowest BCUT2D eigenvalue weighted by Gasteiger charge is -2.12. The van der Waals surface area contributed by atoms with Crippen LogP contribution in [0.1, 0.15) is 25.0 Å². The monoisotopic (exact) mass is 397 g/mol. The molecule has 0 atom stereocenters. The van der Waals surface area contributed by atoms with Gasteiger partial charge in [-0.15, -0.1) is 0 Å². The third-order valence-corrected chi connectivity index (χ3v) is 4.08. The lowest BCUT2D eigenvalue weighted by atomic mass is 10.1. The number of cyclic esters (lactones) is 1. The molecule has 0 amide bonds. The summed E-state index contributed by atoms with van der Waals surface area (Å²) in [6.07, 6.45) is 1.69. The van der Waals surface area contributed by atoms with Crippen LogP contribution in [0.3, 0.4) is 0 Å². The molecular weight excluding hydrogens is 374 g/mol. The molecule has 2 aromatic rings. The quantitative estimate of drug-likeness (QED) is 0.522. The number of benzene rings is 2. The average molecular weight is 397 g/mol. The van der Waals surface area contributed by atoms with Gasteiger partial charge in [-0.2, -0.15) is 0 Å². The smallest absolute Gasteiger partial charge is 0.363 e. The minimum atomic E-state index is -0.531. The van der Waals surface area contributed by atoms with Crippen molar-refractivity contribution in [3.63, 3.8) is 0 Å². The fraction of sp³-hybridized carbons (Fsp3) is 0.273. The second-order valence-corrected chi connectivity index (χ2v) is 6.49. The van der Waals surface area contributed by atoms with E-state index in [9.17, 15) is 4.79 Å². The van der Waals surface area contributed by atoms with Crippen molar-refractivity contribution in [1.29, 1.82) is 0 Å². The highest BCUT2D eigenvalue weighted by molar-refractivity contribution is 6.12. The van der Waals surface area contributed by atoms with E-state index < -0.39 is 5.97 Å². The molecule has 7 heteroatoms. The number of carbonyl (C=O) groups excluding carboxylic acids is 1. The zero-order valence-corrected chi connectivity index (χ0v) is 17.0. The zero-order chi connectivity index (χ0) is 21.0. The molecule has 2 aromatic carbocycles. The third-order valence-electron chi connectivity index (χ3n) is 4.08. The molecule has 29 heavy (non-hydrogen) atoms. The summed E-state index contributed by atoms with van der Waals surface area (Å²) >= 11 is 0. The predicted molar refractivity (Wildman–Crippen MR) is 109 cm³/mol. The topological polar surface area (TPSA) is 75.6 Å². The Hall–Kier alpha value is -3.48. The molecule has 0 bridgehead atoms. The summed E-state index contributed by atoms with van der Waals surface area (Å²) in [6.45, 7) is 3.91. The van der Waals surface area contributed by atoms with Crippen molar-refractivity contribution in [2.24, 2.45) is 4.99 Å².